The molecule has 106 valence electrons. The molecule has 6 heteroatoms. The van der Waals surface area contributed by atoms with Crippen molar-refractivity contribution in [3.05, 3.63) is 12.4 Å². The Morgan fingerprint density at radius 2 is 2.32 bits per heavy atom. The Balaban J connectivity index is 2.17. The highest BCUT2D eigenvalue weighted by Gasteiger charge is 2.33. The molecular weight excluding hydrogens is 244 g/mol. The largest absolute Gasteiger partial charge is 0.477 e. The van der Waals surface area contributed by atoms with Crippen molar-refractivity contribution in [2.24, 2.45) is 5.73 Å². The van der Waals surface area contributed by atoms with Crippen LogP contribution < -0.4 is 15.4 Å². The Morgan fingerprint density at radius 1 is 1.53 bits per heavy atom. The summed E-state index contributed by atoms with van der Waals surface area (Å²) >= 11 is 0. The van der Waals surface area contributed by atoms with Crippen LogP contribution in [0.3, 0.4) is 0 Å². The van der Waals surface area contributed by atoms with Crippen molar-refractivity contribution in [2.75, 3.05) is 31.1 Å². The van der Waals surface area contributed by atoms with Crippen LogP contribution in [0.4, 0.5) is 5.82 Å². The van der Waals surface area contributed by atoms with Crippen LogP contribution >= 0.6 is 0 Å². The molecule has 0 bridgehead atoms. The van der Waals surface area contributed by atoms with Crippen molar-refractivity contribution >= 4 is 5.82 Å². The molecule has 6 nitrogen and oxygen atoms in total. The molecule has 1 aliphatic heterocycles. The minimum atomic E-state index is -0.244. The zero-order valence-electron chi connectivity index (χ0n) is 11.8. The van der Waals surface area contributed by atoms with Crippen molar-refractivity contribution < 1.29 is 9.47 Å². The van der Waals surface area contributed by atoms with Gasteiger partial charge in [0.25, 0.3) is 0 Å². The van der Waals surface area contributed by atoms with Gasteiger partial charge in [-0.2, -0.15) is 4.98 Å². The Kier molecular flexibility index (Phi) is 4.21. The Hall–Kier alpha value is -1.40. The fourth-order valence-electron chi connectivity index (χ4n) is 2.30. The average molecular weight is 266 g/mol. The number of anilines is 1. The van der Waals surface area contributed by atoms with E-state index in [0.29, 0.717) is 19.0 Å². The maximum absolute atomic E-state index is 5.91. The Bertz CT molecular complexity index is 425. The lowest BCUT2D eigenvalue weighted by molar-refractivity contribution is -0.0790. The molecule has 0 aliphatic carbocycles. The molecule has 2 N–H and O–H groups in total. The second-order valence-corrected chi connectivity index (χ2v) is 5.26. The molecule has 2 heterocycles. The minimum absolute atomic E-state index is 0.0151. The van der Waals surface area contributed by atoms with Crippen molar-refractivity contribution in [3.63, 3.8) is 0 Å². The topological polar surface area (TPSA) is 73.5 Å². The molecule has 1 fully saturated rings. The number of hydrogen-bond donors (Lipinski definition) is 1. The van der Waals surface area contributed by atoms with Gasteiger partial charge in [-0.1, -0.05) is 0 Å². The summed E-state index contributed by atoms with van der Waals surface area (Å²) in [7, 11) is 0. The monoisotopic (exact) mass is 266 g/mol. The number of ether oxygens (including phenoxy) is 2. The third kappa shape index (κ3) is 3.54. The highest BCUT2D eigenvalue weighted by Crippen LogP contribution is 2.25. The summed E-state index contributed by atoms with van der Waals surface area (Å²) in [5, 5.41) is 0. The molecule has 0 amide bonds. The van der Waals surface area contributed by atoms with Gasteiger partial charge in [0.2, 0.25) is 5.88 Å². The molecule has 1 atom stereocenters. The van der Waals surface area contributed by atoms with Crippen LogP contribution in [-0.4, -0.2) is 47.9 Å². The first-order valence-corrected chi connectivity index (χ1v) is 6.62. The van der Waals surface area contributed by atoms with Gasteiger partial charge in [-0.05, 0) is 20.8 Å². The number of nitrogens with zero attached hydrogens (tertiary/aromatic N) is 3. The zero-order valence-corrected chi connectivity index (χ0v) is 11.8. The molecule has 0 saturated carbocycles. The van der Waals surface area contributed by atoms with Gasteiger partial charge >= 0.3 is 0 Å². The SMILES string of the molecule is CCOc1cncc(N2CC(CN)OC(C)(C)C2)n1. The lowest BCUT2D eigenvalue weighted by Crippen LogP contribution is -2.55. The van der Waals surface area contributed by atoms with Crippen LogP contribution in [0.25, 0.3) is 0 Å². The summed E-state index contributed by atoms with van der Waals surface area (Å²) in [5.74, 6) is 1.36. The highest BCUT2D eigenvalue weighted by molar-refractivity contribution is 5.39. The van der Waals surface area contributed by atoms with Crippen molar-refractivity contribution in [3.8, 4) is 5.88 Å². The van der Waals surface area contributed by atoms with Crippen LogP contribution in [0.1, 0.15) is 20.8 Å². The fraction of sp³-hybridized carbons (Fsp3) is 0.692. The first kappa shape index (κ1) is 14.0. The molecule has 1 aromatic heterocycles. The van der Waals surface area contributed by atoms with Gasteiger partial charge in [-0.25, -0.2) is 0 Å². The van der Waals surface area contributed by atoms with Gasteiger partial charge in [-0.15, -0.1) is 0 Å². The van der Waals surface area contributed by atoms with Crippen LogP contribution in [0.15, 0.2) is 12.4 Å². The quantitative estimate of drug-likeness (QED) is 0.869. The second kappa shape index (κ2) is 5.71. The van der Waals surface area contributed by atoms with Crippen LogP contribution in [0, 0.1) is 0 Å². The molecule has 1 saturated heterocycles. The summed E-state index contributed by atoms with van der Waals surface area (Å²) in [6.45, 7) is 8.61. The van der Waals surface area contributed by atoms with Crippen LogP contribution in [0.5, 0.6) is 5.88 Å². The van der Waals surface area contributed by atoms with Gasteiger partial charge in [0.1, 0.15) is 0 Å². The normalized spacial score (nSPS) is 22.3. The van der Waals surface area contributed by atoms with E-state index in [1.807, 2.05) is 6.92 Å². The first-order valence-electron chi connectivity index (χ1n) is 6.62. The maximum atomic E-state index is 5.91. The van der Waals surface area contributed by atoms with E-state index in [2.05, 4.69) is 28.7 Å². The summed E-state index contributed by atoms with van der Waals surface area (Å²) in [6, 6.07) is 0. The summed E-state index contributed by atoms with van der Waals surface area (Å²) in [4.78, 5) is 10.8. The standard InChI is InChI=1S/C13H22N4O2/c1-4-18-12-7-15-6-11(16-12)17-8-10(5-14)19-13(2,3)9-17/h6-7,10H,4-5,8-9,14H2,1-3H3. The van der Waals surface area contributed by atoms with Gasteiger partial charge < -0.3 is 20.1 Å². The highest BCUT2D eigenvalue weighted by atomic mass is 16.5. The molecule has 1 aliphatic rings. The molecule has 1 aromatic rings. The number of nitrogens with two attached hydrogens (primary N) is 1. The number of aromatic nitrogens is 2. The fourth-order valence-corrected chi connectivity index (χ4v) is 2.30. The third-order valence-corrected chi connectivity index (χ3v) is 2.96. The molecule has 0 radical (unpaired) electrons. The van der Waals surface area contributed by atoms with Crippen molar-refractivity contribution in [2.45, 2.75) is 32.5 Å². The van der Waals surface area contributed by atoms with Gasteiger partial charge in [0.15, 0.2) is 5.82 Å². The van der Waals surface area contributed by atoms with Crippen molar-refractivity contribution in [1.82, 2.24) is 9.97 Å². The third-order valence-electron chi connectivity index (χ3n) is 2.96. The number of hydrogen-bond acceptors (Lipinski definition) is 6. The van der Waals surface area contributed by atoms with Gasteiger partial charge in [0.05, 0.1) is 30.7 Å². The van der Waals surface area contributed by atoms with Crippen LogP contribution in [0.2, 0.25) is 0 Å². The lowest BCUT2D eigenvalue weighted by Gasteiger charge is -2.42. The summed E-state index contributed by atoms with van der Waals surface area (Å²) in [6.07, 6.45) is 3.39. The summed E-state index contributed by atoms with van der Waals surface area (Å²) in [5.41, 5.74) is 5.49. The van der Waals surface area contributed by atoms with E-state index >= 15 is 0 Å². The van der Waals surface area contributed by atoms with E-state index in [4.69, 9.17) is 15.2 Å². The number of rotatable bonds is 4. The van der Waals surface area contributed by atoms with E-state index in [0.717, 1.165) is 18.9 Å². The number of morpholine rings is 1. The Labute approximate surface area is 113 Å². The lowest BCUT2D eigenvalue weighted by atomic mass is 10.1. The van der Waals surface area contributed by atoms with E-state index in [9.17, 15) is 0 Å². The second-order valence-electron chi connectivity index (χ2n) is 5.26. The summed E-state index contributed by atoms with van der Waals surface area (Å²) < 4.78 is 11.3. The van der Waals surface area contributed by atoms with Gasteiger partial charge in [0, 0.05) is 19.6 Å². The minimum Gasteiger partial charge on any atom is -0.477 e. The van der Waals surface area contributed by atoms with E-state index < -0.39 is 0 Å². The average Bonchev–Trinajstić information content (AvgIpc) is 2.37. The zero-order chi connectivity index (χ0) is 13.9. The predicted octanol–water partition coefficient (Wildman–Crippen LogP) is 0.818. The molecule has 19 heavy (non-hydrogen) atoms. The van der Waals surface area contributed by atoms with E-state index in [1.165, 1.54) is 0 Å². The van der Waals surface area contributed by atoms with Crippen molar-refractivity contribution in [1.29, 1.82) is 0 Å². The Morgan fingerprint density at radius 3 is 3.00 bits per heavy atom. The smallest absolute Gasteiger partial charge is 0.234 e. The van der Waals surface area contributed by atoms with E-state index in [1.54, 1.807) is 12.4 Å². The first-order chi connectivity index (χ1) is 9.04. The van der Waals surface area contributed by atoms with Crippen LogP contribution in [-0.2, 0) is 4.74 Å². The molecular formula is C13H22N4O2. The molecule has 0 aromatic carbocycles. The maximum Gasteiger partial charge on any atom is 0.234 e. The molecule has 0 spiro atoms. The molecule has 1 unspecified atom stereocenters. The predicted molar refractivity (Wildman–Crippen MR) is 73.4 cm³/mol. The molecule has 2 rings (SSSR count). The van der Waals surface area contributed by atoms with E-state index in [-0.39, 0.29) is 11.7 Å². The van der Waals surface area contributed by atoms with Gasteiger partial charge in [-0.3, -0.25) is 4.98 Å².